The summed E-state index contributed by atoms with van der Waals surface area (Å²) in [4.78, 5) is 12.9. The van der Waals surface area contributed by atoms with Crippen LogP contribution < -0.4 is 0 Å². The number of carbonyl (C=O) groups excluding carboxylic acids is 1. The smallest absolute Gasteiger partial charge is 0.162 e. The molecule has 0 saturated carbocycles. The minimum atomic E-state index is 0.0844. The van der Waals surface area contributed by atoms with E-state index < -0.39 is 0 Å². The number of benzene rings is 1. The van der Waals surface area contributed by atoms with E-state index in [1.807, 2.05) is 31.2 Å². The molecule has 0 aliphatic heterocycles. The lowest BCUT2D eigenvalue weighted by molar-refractivity contribution is 0.101. The van der Waals surface area contributed by atoms with Crippen LogP contribution in [0.1, 0.15) is 65.1 Å². The van der Waals surface area contributed by atoms with Crippen LogP contribution in [0.25, 0.3) is 27.9 Å². The number of rotatable bonds is 4. The van der Waals surface area contributed by atoms with Crippen molar-refractivity contribution in [1.29, 1.82) is 0 Å². The van der Waals surface area contributed by atoms with Gasteiger partial charge in [-0.1, -0.05) is 49.7 Å². The van der Waals surface area contributed by atoms with Gasteiger partial charge in [0.05, 0.1) is 0 Å². The second kappa shape index (κ2) is 8.26. The molecule has 0 unspecified atom stereocenters. The average molecular weight is 444 g/mol. The van der Waals surface area contributed by atoms with Gasteiger partial charge >= 0.3 is 0 Å². The Morgan fingerprint density at radius 2 is 1.47 bits per heavy atom. The van der Waals surface area contributed by atoms with Crippen LogP contribution in [0.3, 0.4) is 0 Å². The zero-order valence-corrected chi connectivity index (χ0v) is 20.7. The summed E-state index contributed by atoms with van der Waals surface area (Å²) in [7, 11) is 0. The molecule has 0 amide bonds. The summed E-state index contributed by atoms with van der Waals surface area (Å²) in [6.07, 6.45) is 0. The van der Waals surface area contributed by atoms with Gasteiger partial charge in [-0.2, -0.15) is 0 Å². The molecule has 0 saturated heterocycles. The first kappa shape index (κ1) is 22.4. The number of Topliss-reactive ketones (excluding diaryl/α,β-unsaturated/α-hetero) is 1. The molecule has 0 fully saturated rings. The quantitative estimate of drug-likeness (QED) is 0.290. The van der Waals surface area contributed by atoms with Gasteiger partial charge in [0.2, 0.25) is 0 Å². The van der Waals surface area contributed by atoms with Gasteiger partial charge in [-0.25, -0.2) is 0 Å². The van der Waals surface area contributed by atoms with E-state index in [0.29, 0.717) is 10.9 Å². The van der Waals surface area contributed by atoms with Gasteiger partial charge in [0.15, 0.2) is 5.78 Å². The van der Waals surface area contributed by atoms with Crippen LogP contribution in [0.15, 0.2) is 48.5 Å². The van der Waals surface area contributed by atoms with Crippen molar-refractivity contribution < 1.29 is 4.79 Å². The third kappa shape index (κ3) is 3.57. The normalized spacial score (nSPS) is 11.5. The van der Waals surface area contributed by atoms with Gasteiger partial charge in [-0.3, -0.25) is 4.79 Å². The second-order valence-electron chi connectivity index (χ2n) is 9.13. The van der Waals surface area contributed by atoms with E-state index in [0.717, 1.165) is 33.8 Å². The summed E-state index contributed by atoms with van der Waals surface area (Å²) in [6.45, 7) is 14.6. The van der Waals surface area contributed by atoms with Crippen molar-refractivity contribution in [3.8, 4) is 27.9 Å². The van der Waals surface area contributed by atoms with Crippen molar-refractivity contribution >= 4 is 17.4 Å². The van der Waals surface area contributed by atoms with Crippen molar-refractivity contribution in [1.82, 2.24) is 4.57 Å². The fraction of sp³-hybridized carbons (Fsp3) is 0.276. The van der Waals surface area contributed by atoms with Gasteiger partial charge in [0.1, 0.15) is 0 Å². The highest BCUT2D eigenvalue weighted by Crippen LogP contribution is 2.45. The fourth-order valence-corrected chi connectivity index (χ4v) is 5.10. The maximum absolute atomic E-state index is 12.9. The van der Waals surface area contributed by atoms with Gasteiger partial charge in [0, 0.05) is 33.2 Å². The molecule has 164 valence electrons. The number of aryl methyl sites for hydroxylation is 2. The number of ketones is 1. The molecule has 0 radical (unpaired) electrons. The minimum absolute atomic E-state index is 0.0844. The summed E-state index contributed by atoms with van der Waals surface area (Å²) in [5.41, 5.74) is 12.3. The van der Waals surface area contributed by atoms with E-state index in [1.54, 1.807) is 6.92 Å². The Kier molecular flexibility index (Phi) is 5.77. The molecule has 2 aromatic rings. The number of hydrogen-bond donors (Lipinski definition) is 0. The minimum Gasteiger partial charge on any atom is -0.317 e. The van der Waals surface area contributed by atoms with Crippen LogP contribution in [0.5, 0.6) is 0 Å². The fourth-order valence-electron chi connectivity index (χ4n) is 4.97. The lowest BCUT2D eigenvalue weighted by Crippen LogP contribution is -2.00. The maximum atomic E-state index is 12.9. The molecule has 0 atom stereocenters. The summed E-state index contributed by atoms with van der Waals surface area (Å²) in [5.74, 6) is 0.534. The monoisotopic (exact) mass is 443 g/mol. The Bertz CT molecular complexity index is 1310. The van der Waals surface area contributed by atoms with Crippen molar-refractivity contribution in [2.75, 3.05) is 0 Å². The van der Waals surface area contributed by atoms with Crippen molar-refractivity contribution in [3.63, 3.8) is 0 Å². The van der Waals surface area contributed by atoms with E-state index >= 15 is 0 Å². The molecule has 1 heterocycles. The molecule has 4 rings (SSSR count). The van der Waals surface area contributed by atoms with E-state index in [4.69, 9.17) is 11.6 Å². The largest absolute Gasteiger partial charge is 0.317 e. The first-order chi connectivity index (χ1) is 15.1. The number of hydrogen-bond acceptors (Lipinski definition) is 1. The zero-order chi connectivity index (χ0) is 23.3. The van der Waals surface area contributed by atoms with E-state index in [2.05, 4.69) is 63.5 Å². The molecule has 2 aliphatic carbocycles. The molecule has 2 nitrogen and oxygen atoms in total. The van der Waals surface area contributed by atoms with Crippen molar-refractivity contribution in [3.05, 3.63) is 87.2 Å². The molecule has 3 heteroatoms. The Balaban J connectivity index is 2.06. The first-order valence-corrected chi connectivity index (χ1v) is 11.5. The number of fused-ring (bicyclic) bond motifs is 1. The Morgan fingerprint density at radius 3 is 2.06 bits per heavy atom. The molecule has 0 N–H and O–H groups in total. The molecule has 0 spiro atoms. The third-order valence-corrected chi connectivity index (χ3v) is 6.82. The zero-order valence-electron chi connectivity index (χ0n) is 19.9. The molecule has 0 bridgehead atoms. The first-order valence-electron chi connectivity index (χ1n) is 11.1. The number of carbonyl (C=O) groups is 1. The molecular formula is C29H30ClNO. The number of aromatic nitrogens is 1. The van der Waals surface area contributed by atoms with E-state index in [9.17, 15) is 4.79 Å². The second-order valence-corrected chi connectivity index (χ2v) is 9.57. The van der Waals surface area contributed by atoms with Crippen LogP contribution >= 0.6 is 11.6 Å². The van der Waals surface area contributed by atoms with Crippen molar-refractivity contribution in [2.24, 2.45) is 0 Å². The SMILES string of the molecule is CC(=O)c1c(-c2cc(C)c3cc(C(C)C)ccc(C)c2-3)c(C)n(-c2ccc(Cl)cc2)c1C. The number of nitrogens with zero attached hydrogens (tertiary/aromatic N) is 1. The standard InChI is InChI=1S/C29H30ClNO/c1-16(2)22-9-8-17(3)27-25(15-22)18(4)14-26(27)29-20(6)31(19(5)28(29)21(7)32)24-12-10-23(30)11-13-24/h8-16H,1-7H3. The van der Waals surface area contributed by atoms with Gasteiger partial charge < -0.3 is 4.57 Å². The lowest BCUT2D eigenvalue weighted by Gasteiger charge is -2.11. The third-order valence-electron chi connectivity index (χ3n) is 6.57. The van der Waals surface area contributed by atoms with Crippen LogP contribution in [-0.4, -0.2) is 10.4 Å². The highest BCUT2D eigenvalue weighted by Gasteiger charge is 2.27. The molecular weight excluding hydrogens is 414 g/mol. The van der Waals surface area contributed by atoms with Gasteiger partial charge in [-0.15, -0.1) is 0 Å². The highest BCUT2D eigenvalue weighted by molar-refractivity contribution is 6.30. The Morgan fingerprint density at radius 1 is 0.812 bits per heavy atom. The predicted molar refractivity (Wildman–Crippen MR) is 136 cm³/mol. The summed E-state index contributed by atoms with van der Waals surface area (Å²) in [5, 5.41) is 0.699. The van der Waals surface area contributed by atoms with Crippen LogP contribution in [-0.2, 0) is 0 Å². The molecule has 32 heavy (non-hydrogen) atoms. The highest BCUT2D eigenvalue weighted by atomic mass is 35.5. The van der Waals surface area contributed by atoms with Gasteiger partial charge in [0.25, 0.3) is 0 Å². The summed E-state index contributed by atoms with van der Waals surface area (Å²) < 4.78 is 2.17. The number of halogens is 1. The van der Waals surface area contributed by atoms with E-state index in [1.165, 1.54) is 27.8 Å². The maximum Gasteiger partial charge on any atom is 0.162 e. The summed E-state index contributed by atoms with van der Waals surface area (Å²) in [6, 6.07) is 16.8. The average Bonchev–Trinajstić information content (AvgIpc) is 3.10. The molecule has 1 aromatic heterocycles. The Labute approximate surface area is 196 Å². The van der Waals surface area contributed by atoms with Crippen LogP contribution in [0, 0.1) is 27.7 Å². The van der Waals surface area contributed by atoms with E-state index in [-0.39, 0.29) is 5.78 Å². The van der Waals surface area contributed by atoms with Gasteiger partial charge in [-0.05, 0) is 98.2 Å². The predicted octanol–water partition coefficient (Wildman–Crippen LogP) is 8.46. The topological polar surface area (TPSA) is 22.0 Å². The van der Waals surface area contributed by atoms with Crippen molar-refractivity contribution in [2.45, 2.75) is 54.4 Å². The van der Waals surface area contributed by atoms with Crippen LogP contribution in [0.2, 0.25) is 5.02 Å². The van der Waals surface area contributed by atoms with Crippen LogP contribution in [0.4, 0.5) is 0 Å². The molecule has 1 aromatic carbocycles. The lowest BCUT2D eigenvalue weighted by atomic mass is 9.94. The summed E-state index contributed by atoms with van der Waals surface area (Å²) >= 11 is 6.13. The molecule has 2 aliphatic rings. The Hall–Kier alpha value is -2.84.